The number of carbonyl (C=O) groups excluding carboxylic acids is 1. The smallest absolute Gasteiger partial charge is 0.226 e. The fraction of sp³-hybridized carbons (Fsp3) is 0.444. The lowest BCUT2D eigenvalue weighted by molar-refractivity contribution is -0.139. The van der Waals surface area contributed by atoms with Gasteiger partial charge in [-0.2, -0.15) is 0 Å². The fourth-order valence-corrected chi connectivity index (χ4v) is 6.21. The Kier molecular flexibility index (Phi) is 5.42. The molecule has 10 heteroatoms. The van der Waals surface area contributed by atoms with Gasteiger partial charge in [0.05, 0.1) is 29.0 Å². The van der Waals surface area contributed by atoms with Crippen LogP contribution in [0.5, 0.6) is 0 Å². The third-order valence-electron chi connectivity index (χ3n) is 8.05. The van der Waals surface area contributed by atoms with E-state index in [2.05, 4.69) is 36.6 Å². The van der Waals surface area contributed by atoms with E-state index in [1.165, 1.54) is 12.8 Å². The van der Waals surface area contributed by atoms with Crippen LogP contribution in [0.15, 0.2) is 41.3 Å². The van der Waals surface area contributed by atoms with Gasteiger partial charge in [0.25, 0.3) is 0 Å². The molecule has 0 radical (unpaired) electrons. The molecule has 5 heterocycles. The Hall–Kier alpha value is -3.46. The van der Waals surface area contributed by atoms with Crippen LogP contribution in [-0.2, 0) is 17.9 Å². The lowest BCUT2D eigenvalue weighted by Gasteiger charge is -2.40. The maximum absolute atomic E-state index is 13.6. The number of pyridine rings is 1. The molecule has 0 unspecified atom stereocenters. The van der Waals surface area contributed by atoms with Crippen molar-refractivity contribution in [1.82, 2.24) is 29.6 Å². The van der Waals surface area contributed by atoms with Crippen LogP contribution in [0.1, 0.15) is 43.8 Å². The lowest BCUT2D eigenvalue weighted by atomic mass is 9.85. The van der Waals surface area contributed by atoms with Gasteiger partial charge in [-0.05, 0) is 43.4 Å². The van der Waals surface area contributed by atoms with Crippen molar-refractivity contribution in [3.8, 4) is 11.5 Å². The van der Waals surface area contributed by atoms with E-state index in [9.17, 15) is 4.79 Å². The van der Waals surface area contributed by atoms with E-state index in [1.807, 2.05) is 23.1 Å². The van der Waals surface area contributed by atoms with Crippen LogP contribution < -0.4 is 4.90 Å². The van der Waals surface area contributed by atoms with Crippen LogP contribution in [0.2, 0.25) is 5.02 Å². The summed E-state index contributed by atoms with van der Waals surface area (Å²) in [5.41, 5.74) is 2.68. The van der Waals surface area contributed by atoms with E-state index in [0.717, 1.165) is 66.4 Å². The molecule has 1 aliphatic carbocycles. The van der Waals surface area contributed by atoms with Crippen LogP contribution in [0.3, 0.4) is 0 Å². The first-order valence-electron chi connectivity index (χ1n) is 13.0. The van der Waals surface area contributed by atoms with Gasteiger partial charge in [0.15, 0.2) is 5.82 Å². The maximum Gasteiger partial charge on any atom is 0.226 e. The van der Waals surface area contributed by atoms with Crippen molar-refractivity contribution in [3.05, 3.63) is 53.5 Å². The molecule has 1 saturated carbocycles. The number of hydrogen-bond donors (Lipinski definition) is 0. The molecule has 2 aliphatic heterocycles. The Morgan fingerprint density at radius 3 is 2.78 bits per heavy atom. The Morgan fingerprint density at radius 2 is 2.00 bits per heavy atom. The summed E-state index contributed by atoms with van der Waals surface area (Å²) in [5, 5.41) is 10.4. The Morgan fingerprint density at radius 1 is 1.11 bits per heavy atom. The van der Waals surface area contributed by atoms with E-state index in [1.54, 1.807) is 18.7 Å². The van der Waals surface area contributed by atoms with E-state index in [-0.39, 0.29) is 17.7 Å². The summed E-state index contributed by atoms with van der Waals surface area (Å²) in [6, 6.07) is 5.99. The highest BCUT2D eigenvalue weighted by atomic mass is 35.5. The average molecular weight is 518 g/mol. The number of piperidine rings is 1. The molecular formula is C27H28ClN7O2. The molecule has 2 atom stereocenters. The first-order valence-corrected chi connectivity index (χ1v) is 13.4. The molecule has 7 rings (SSSR count). The third kappa shape index (κ3) is 3.96. The quantitative estimate of drug-likeness (QED) is 0.393. The Labute approximate surface area is 219 Å². The summed E-state index contributed by atoms with van der Waals surface area (Å²) >= 11 is 6.70. The molecule has 190 valence electrons. The highest BCUT2D eigenvalue weighted by molar-refractivity contribution is 6.34. The Balaban J connectivity index is 1.09. The molecular weight excluding hydrogens is 490 g/mol. The van der Waals surface area contributed by atoms with Gasteiger partial charge in [0, 0.05) is 55.2 Å². The zero-order valence-electron chi connectivity index (χ0n) is 20.7. The molecule has 4 aromatic rings. The van der Waals surface area contributed by atoms with Gasteiger partial charge in [-0.1, -0.05) is 18.5 Å². The zero-order valence-corrected chi connectivity index (χ0v) is 21.4. The van der Waals surface area contributed by atoms with Crippen molar-refractivity contribution < 1.29 is 9.21 Å². The molecule has 9 nitrogen and oxygen atoms in total. The first-order chi connectivity index (χ1) is 18.1. The van der Waals surface area contributed by atoms with Crippen molar-refractivity contribution in [2.45, 2.75) is 45.2 Å². The molecule has 1 saturated heterocycles. The number of carbonyl (C=O) groups is 1. The van der Waals surface area contributed by atoms with E-state index < -0.39 is 0 Å². The Bertz CT molecular complexity index is 1480. The first kappa shape index (κ1) is 22.7. The topological polar surface area (TPSA) is 93.2 Å². The van der Waals surface area contributed by atoms with Crippen molar-refractivity contribution in [3.63, 3.8) is 0 Å². The number of amides is 1. The average Bonchev–Trinajstić information content (AvgIpc) is 3.43. The second kappa shape index (κ2) is 8.83. The summed E-state index contributed by atoms with van der Waals surface area (Å²) in [5.74, 6) is 3.57. The van der Waals surface area contributed by atoms with E-state index in [4.69, 9.17) is 16.0 Å². The summed E-state index contributed by atoms with van der Waals surface area (Å²) in [4.78, 5) is 26.7. The minimum atomic E-state index is -0.0165. The predicted molar refractivity (Wildman–Crippen MR) is 139 cm³/mol. The van der Waals surface area contributed by atoms with Crippen molar-refractivity contribution >= 4 is 34.1 Å². The molecule has 37 heavy (non-hydrogen) atoms. The molecule has 0 spiro atoms. The van der Waals surface area contributed by atoms with Gasteiger partial charge in [0.2, 0.25) is 11.8 Å². The van der Waals surface area contributed by atoms with E-state index in [0.29, 0.717) is 23.4 Å². The SMILES string of the molecule is C[C@@H]1CN(c2c(Cl)cnc3cc(-c4ncco4)ccc23)CC[C@@H]1C(=O)N1CCn2c(nnc2C2CC2)C1. The van der Waals surface area contributed by atoms with Crippen molar-refractivity contribution in [1.29, 1.82) is 0 Å². The van der Waals surface area contributed by atoms with Crippen LogP contribution >= 0.6 is 11.6 Å². The third-order valence-corrected chi connectivity index (χ3v) is 8.33. The normalized spacial score (nSPS) is 21.9. The number of rotatable bonds is 4. The van der Waals surface area contributed by atoms with Crippen LogP contribution in [0.25, 0.3) is 22.4 Å². The summed E-state index contributed by atoms with van der Waals surface area (Å²) in [7, 11) is 0. The monoisotopic (exact) mass is 517 g/mol. The fourth-order valence-electron chi connectivity index (χ4n) is 5.94. The predicted octanol–water partition coefficient (Wildman–Crippen LogP) is 4.52. The molecule has 3 aromatic heterocycles. The van der Waals surface area contributed by atoms with Crippen molar-refractivity contribution in [2.24, 2.45) is 11.8 Å². The van der Waals surface area contributed by atoms with Gasteiger partial charge in [0.1, 0.15) is 12.1 Å². The number of hydrogen-bond acceptors (Lipinski definition) is 7. The van der Waals surface area contributed by atoms with E-state index >= 15 is 0 Å². The molecule has 1 aromatic carbocycles. The second-order valence-electron chi connectivity index (χ2n) is 10.5. The number of oxazole rings is 1. The minimum Gasteiger partial charge on any atom is -0.445 e. The number of fused-ring (bicyclic) bond motifs is 2. The maximum atomic E-state index is 13.6. The molecule has 0 bridgehead atoms. The standard InChI is InChI=1S/C27H28ClN7O2/c1-16-14-33(24-20-5-4-18(26-29-7-11-37-26)12-22(20)30-13-21(24)28)8-6-19(16)27(36)34-9-10-35-23(15-34)31-32-25(35)17-2-3-17/h4-5,7,11-13,16-17,19H,2-3,6,8-10,14-15H2,1H3/t16-,19+/m1/s1. The number of halogens is 1. The number of anilines is 1. The zero-order chi connectivity index (χ0) is 25.1. The van der Waals surface area contributed by atoms with Gasteiger partial charge in [-0.3, -0.25) is 9.78 Å². The van der Waals surface area contributed by atoms with Gasteiger partial charge >= 0.3 is 0 Å². The summed E-state index contributed by atoms with van der Waals surface area (Å²) in [6.07, 6.45) is 8.10. The molecule has 3 aliphatic rings. The van der Waals surface area contributed by atoms with Crippen LogP contribution in [-0.4, -0.2) is 55.2 Å². The van der Waals surface area contributed by atoms with Gasteiger partial charge in [-0.25, -0.2) is 4.98 Å². The largest absolute Gasteiger partial charge is 0.445 e. The number of aromatic nitrogens is 5. The number of benzene rings is 1. The van der Waals surface area contributed by atoms with Crippen LogP contribution in [0.4, 0.5) is 5.69 Å². The lowest BCUT2D eigenvalue weighted by Crippen LogP contribution is -2.49. The second-order valence-corrected chi connectivity index (χ2v) is 10.9. The van der Waals surface area contributed by atoms with Gasteiger partial charge in [-0.15, -0.1) is 10.2 Å². The van der Waals surface area contributed by atoms with Crippen LogP contribution in [0, 0.1) is 11.8 Å². The summed E-state index contributed by atoms with van der Waals surface area (Å²) < 4.78 is 7.68. The molecule has 0 N–H and O–H groups in total. The molecule has 2 fully saturated rings. The highest BCUT2D eigenvalue weighted by Crippen LogP contribution is 2.40. The molecule has 1 amide bonds. The van der Waals surface area contributed by atoms with Crippen molar-refractivity contribution in [2.75, 3.05) is 24.5 Å². The van der Waals surface area contributed by atoms with Gasteiger partial charge < -0.3 is 18.8 Å². The minimum absolute atomic E-state index is 0.0165. The highest BCUT2D eigenvalue weighted by Gasteiger charge is 2.38. The summed E-state index contributed by atoms with van der Waals surface area (Å²) in [6.45, 7) is 5.76. The number of nitrogens with zero attached hydrogens (tertiary/aromatic N) is 7.